The highest BCUT2D eigenvalue weighted by Crippen LogP contribution is 2.16. The van der Waals surface area contributed by atoms with Crippen LogP contribution in [0.3, 0.4) is 0 Å². The number of hydrogen-bond acceptors (Lipinski definition) is 4. The highest BCUT2D eigenvalue weighted by atomic mass is 16.5. The minimum absolute atomic E-state index is 0.116. The van der Waals surface area contributed by atoms with Crippen LogP contribution in [-0.2, 0) is 4.79 Å². The summed E-state index contributed by atoms with van der Waals surface area (Å²) in [5, 5.41) is 18.1. The van der Waals surface area contributed by atoms with Crippen molar-refractivity contribution in [3.63, 3.8) is 0 Å². The monoisotopic (exact) mass is 330 g/mol. The summed E-state index contributed by atoms with van der Waals surface area (Å²) in [5.74, 6) is -1.07. The Labute approximate surface area is 139 Å². The Morgan fingerprint density at radius 1 is 0.917 bits per heavy atom. The molecule has 6 nitrogen and oxygen atoms in total. The molecule has 126 valence electrons. The zero-order valence-electron chi connectivity index (χ0n) is 12.9. The van der Waals surface area contributed by atoms with Gasteiger partial charge < -0.3 is 19.7 Å². The second-order valence-corrected chi connectivity index (χ2v) is 5.08. The SMILES string of the molecule is O=C(O)c1ccc(OC(CCCOc2ccccc2)C(=O)O)cc1. The normalized spacial score (nSPS) is 11.5. The Morgan fingerprint density at radius 2 is 1.58 bits per heavy atom. The molecule has 2 rings (SSSR count). The van der Waals surface area contributed by atoms with Gasteiger partial charge in [-0.1, -0.05) is 18.2 Å². The summed E-state index contributed by atoms with van der Waals surface area (Å²) in [5.41, 5.74) is 0.116. The Bertz CT molecular complexity index is 666. The summed E-state index contributed by atoms with van der Waals surface area (Å²) in [4.78, 5) is 22.1. The smallest absolute Gasteiger partial charge is 0.344 e. The molecule has 24 heavy (non-hydrogen) atoms. The van der Waals surface area contributed by atoms with Gasteiger partial charge in [-0.25, -0.2) is 9.59 Å². The fourth-order valence-corrected chi connectivity index (χ4v) is 2.05. The van der Waals surface area contributed by atoms with Gasteiger partial charge in [-0.3, -0.25) is 0 Å². The first kappa shape index (κ1) is 17.3. The van der Waals surface area contributed by atoms with Crippen molar-refractivity contribution in [2.45, 2.75) is 18.9 Å². The first-order valence-corrected chi connectivity index (χ1v) is 7.47. The Morgan fingerprint density at radius 3 is 2.17 bits per heavy atom. The molecule has 2 aromatic carbocycles. The molecule has 0 aliphatic rings. The number of aromatic carboxylic acids is 1. The van der Waals surface area contributed by atoms with Gasteiger partial charge in [-0.15, -0.1) is 0 Å². The predicted octanol–water partition coefficient (Wildman–Crippen LogP) is 3.08. The molecule has 0 heterocycles. The zero-order valence-corrected chi connectivity index (χ0v) is 12.9. The minimum atomic E-state index is -1.07. The Kier molecular flexibility index (Phi) is 6.19. The number of carbonyl (C=O) groups is 2. The zero-order chi connectivity index (χ0) is 17.4. The van der Waals surface area contributed by atoms with Crippen molar-refractivity contribution in [3.8, 4) is 11.5 Å². The van der Waals surface area contributed by atoms with Crippen molar-refractivity contribution >= 4 is 11.9 Å². The lowest BCUT2D eigenvalue weighted by molar-refractivity contribution is -0.145. The summed E-state index contributed by atoms with van der Waals surface area (Å²) in [6.07, 6.45) is -0.220. The molecule has 1 atom stereocenters. The first-order valence-electron chi connectivity index (χ1n) is 7.47. The van der Waals surface area contributed by atoms with Gasteiger partial charge in [0.15, 0.2) is 6.10 Å². The second-order valence-electron chi connectivity index (χ2n) is 5.08. The van der Waals surface area contributed by atoms with Crippen LogP contribution in [0.2, 0.25) is 0 Å². The van der Waals surface area contributed by atoms with Crippen molar-refractivity contribution in [2.24, 2.45) is 0 Å². The van der Waals surface area contributed by atoms with Crippen molar-refractivity contribution in [3.05, 3.63) is 60.2 Å². The molecule has 0 aliphatic heterocycles. The van der Waals surface area contributed by atoms with Crippen molar-refractivity contribution in [1.82, 2.24) is 0 Å². The van der Waals surface area contributed by atoms with E-state index in [-0.39, 0.29) is 12.0 Å². The van der Waals surface area contributed by atoms with Crippen LogP contribution in [0.25, 0.3) is 0 Å². The molecular formula is C18H18O6. The lowest BCUT2D eigenvalue weighted by Crippen LogP contribution is -2.27. The summed E-state index contributed by atoms with van der Waals surface area (Å²) < 4.78 is 10.9. The highest BCUT2D eigenvalue weighted by molar-refractivity contribution is 5.87. The molecule has 0 spiro atoms. The average molecular weight is 330 g/mol. The van der Waals surface area contributed by atoms with E-state index in [1.807, 2.05) is 30.3 Å². The fourth-order valence-electron chi connectivity index (χ4n) is 2.05. The molecule has 1 unspecified atom stereocenters. The summed E-state index contributed by atoms with van der Waals surface area (Å²) in [6.45, 7) is 0.384. The maximum absolute atomic E-state index is 11.3. The van der Waals surface area contributed by atoms with Crippen LogP contribution in [-0.4, -0.2) is 34.9 Å². The van der Waals surface area contributed by atoms with Crippen LogP contribution in [0, 0.1) is 0 Å². The van der Waals surface area contributed by atoms with E-state index in [9.17, 15) is 14.7 Å². The van der Waals surface area contributed by atoms with Crippen LogP contribution < -0.4 is 9.47 Å². The Balaban J connectivity index is 1.83. The number of benzene rings is 2. The predicted molar refractivity (Wildman–Crippen MR) is 86.6 cm³/mol. The number of ether oxygens (including phenoxy) is 2. The van der Waals surface area contributed by atoms with Gasteiger partial charge in [0.1, 0.15) is 11.5 Å². The number of carboxylic acid groups (broad SMARTS) is 2. The van der Waals surface area contributed by atoms with Gasteiger partial charge in [-0.2, -0.15) is 0 Å². The van der Waals surface area contributed by atoms with Crippen molar-refractivity contribution in [1.29, 1.82) is 0 Å². The molecule has 0 saturated heterocycles. The molecule has 0 fully saturated rings. The van der Waals surface area contributed by atoms with Gasteiger partial charge in [0.05, 0.1) is 12.2 Å². The molecule has 0 saturated carbocycles. The van der Waals surface area contributed by atoms with Crippen molar-refractivity contribution < 1.29 is 29.3 Å². The largest absolute Gasteiger partial charge is 0.494 e. The number of para-hydroxylation sites is 1. The number of hydrogen-bond donors (Lipinski definition) is 2. The fraction of sp³-hybridized carbons (Fsp3) is 0.222. The second kappa shape index (κ2) is 8.57. The quantitative estimate of drug-likeness (QED) is 0.686. The van der Waals surface area contributed by atoms with Crippen LogP contribution in [0.5, 0.6) is 11.5 Å². The van der Waals surface area contributed by atoms with Crippen LogP contribution in [0.1, 0.15) is 23.2 Å². The number of aliphatic carboxylic acids is 1. The van der Waals surface area contributed by atoms with E-state index in [0.717, 1.165) is 5.75 Å². The van der Waals surface area contributed by atoms with Gasteiger partial charge in [-0.05, 0) is 49.2 Å². The van der Waals surface area contributed by atoms with E-state index in [0.29, 0.717) is 18.8 Å². The molecule has 0 aromatic heterocycles. The molecule has 0 radical (unpaired) electrons. The first-order chi connectivity index (χ1) is 11.6. The third-order valence-corrected chi connectivity index (χ3v) is 3.28. The lowest BCUT2D eigenvalue weighted by atomic mass is 10.2. The van der Waals surface area contributed by atoms with E-state index in [1.165, 1.54) is 24.3 Å². The van der Waals surface area contributed by atoms with E-state index < -0.39 is 18.0 Å². The number of rotatable bonds is 9. The third-order valence-electron chi connectivity index (χ3n) is 3.28. The molecule has 2 aromatic rings. The summed E-state index contributed by atoms with van der Waals surface area (Å²) in [6, 6.07) is 14.9. The molecule has 0 bridgehead atoms. The van der Waals surface area contributed by atoms with Crippen LogP contribution in [0.15, 0.2) is 54.6 Å². The topological polar surface area (TPSA) is 93.1 Å². The molecule has 6 heteroatoms. The van der Waals surface area contributed by atoms with E-state index in [1.54, 1.807) is 0 Å². The summed E-state index contributed by atoms with van der Waals surface area (Å²) in [7, 11) is 0. The van der Waals surface area contributed by atoms with Gasteiger partial charge in [0.2, 0.25) is 0 Å². The molecule has 0 aliphatic carbocycles. The minimum Gasteiger partial charge on any atom is -0.494 e. The molecular weight excluding hydrogens is 312 g/mol. The number of carboxylic acids is 2. The van der Waals surface area contributed by atoms with Crippen molar-refractivity contribution in [2.75, 3.05) is 6.61 Å². The van der Waals surface area contributed by atoms with E-state index in [2.05, 4.69) is 0 Å². The standard InChI is InChI=1S/C18H18O6/c19-17(20)13-8-10-15(11-9-13)24-16(18(21)22)7-4-12-23-14-5-2-1-3-6-14/h1-3,5-6,8-11,16H,4,7,12H2,(H,19,20)(H,21,22). The average Bonchev–Trinajstić information content (AvgIpc) is 2.58. The van der Waals surface area contributed by atoms with Crippen LogP contribution in [0.4, 0.5) is 0 Å². The maximum Gasteiger partial charge on any atom is 0.344 e. The third kappa shape index (κ3) is 5.31. The molecule has 0 amide bonds. The van der Waals surface area contributed by atoms with Gasteiger partial charge in [0.25, 0.3) is 0 Å². The van der Waals surface area contributed by atoms with E-state index in [4.69, 9.17) is 14.6 Å². The van der Waals surface area contributed by atoms with Crippen LogP contribution >= 0.6 is 0 Å². The Hall–Kier alpha value is -3.02. The van der Waals surface area contributed by atoms with Gasteiger partial charge in [0, 0.05) is 0 Å². The maximum atomic E-state index is 11.3. The highest BCUT2D eigenvalue weighted by Gasteiger charge is 2.19. The van der Waals surface area contributed by atoms with E-state index >= 15 is 0 Å². The molecule has 2 N–H and O–H groups in total. The summed E-state index contributed by atoms with van der Waals surface area (Å²) >= 11 is 0. The lowest BCUT2D eigenvalue weighted by Gasteiger charge is -2.15. The van der Waals surface area contributed by atoms with Gasteiger partial charge >= 0.3 is 11.9 Å².